The molecule has 0 amide bonds. The van der Waals surface area contributed by atoms with Crippen molar-refractivity contribution in [2.24, 2.45) is 0 Å². The van der Waals surface area contributed by atoms with Crippen molar-refractivity contribution in [3.63, 3.8) is 0 Å². The van der Waals surface area contributed by atoms with Gasteiger partial charge in [-0.05, 0) is 125 Å². The minimum Gasteiger partial charge on any atom is -0.310 e. The molecule has 0 saturated heterocycles. The zero-order chi connectivity index (χ0) is 42.6. The zero-order valence-corrected chi connectivity index (χ0v) is 36.0. The predicted molar refractivity (Wildman–Crippen MR) is 265 cm³/mol. The van der Waals surface area contributed by atoms with Gasteiger partial charge in [-0.15, -0.1) is 0 Å². The highest BCUT2D eigenvalue weighted by atomic mass is 15.1. The first-order chi connectivity index (χ1) is 31.5. The lowest BCUT2D eigenvalue weighted by Gasteiger charge is -2.49. The number of hydrogen-bond acceptors (Lipinski definition) is 1. The summed E-state index contributed by atoms with van der Waals surface area (Å²) in [5.41, 5.74) is 20.5. The smallest absolute Gasteiger partial charge is 0.0720 e. The fraction of sp³-hybridized carbons (Fsp3) is 0.0794. The average Bonchev–Trinajstić information content (AvgIpc) is 3.79. The molecule has 1 heteroatoms. The van der Waals surface area contributed by atoms with Crippen LogP contribution in [-0.2, 0) is 16.2 Å². The van der Waals surface area contributed by atoms with Crippen LogP contribution in [0, 0.1) is 0 Å². The number of nitrogens with zero attached hydrogens (tertiary/aromatic N) is 1. The highest BCUT2D eigenvalue weighted by molar-refractivity contribution is 5.94. The molecule has 0 aromatic heterocycles. The van der Waals surface area contributed by atoms with E-state index in [1.165, 1.54) is 88.7 Å². The van der Waals surface area contributed by atoms with E-state index in [2.05, 4.69) is 255 Å². The predicted octanol–water partition coefficient (Wildman–Crippen LogP) is 15.7. The standard InChI is InChI=1S/C63H45N/c1-61(2)54-30-13-11-27-50(54)52-38-37-49(41-59(52)61)64(48-36-35-42-19-9-10-20-43(42)39-48)47-26-17-25-46(40-47)62(44-21-5-3-6-22-44)56-32-15-16-33-57(56)63(45-23-7-4-8-24-45)55-31-14-12-28-51(55)53-29-18-34-58(62)60(53)63/h3-41H,1-2H3. The van der Waals surface area contributed by atoms with Crippen molar-refractivity contribution in [1.82, 2.24) is 0 Å². The van der Waals surface area contributed by atoms with E-state index in [9.17, 15) is 0 Å². The third-order valence-corrected chi connectivity index (χ3v) is 15.0. The Morgan fingerprint density at radius 2 is 0.766 bits per heavy atom. The van der Waals surface area contributed by atoms with Crippen LogP contribution in [0.15, 0.2) is 237 Å². The van der Waals surface area contributed by atoms with Crippen LogP contribution in [-0.4, -0.2) is 0 Å². The van der Waals surface area contributed by atoms with Crippen LogP contribution < -0.4 is 4.90 Å². The van der Waals surface area contributed by atoms with Crippen LogP contribution in [0.1, 0.15) is 69.5 Å². The summed E-state index contributed by atoms with van der Waals surface area (Å²) in [5, 5.41) is 2.45. The second-order valence-corrected chi connectivity index (χ2v) is 18.4. The fourth-order valence-electron chi connectivity index (χ4n) is 12.3. The largest absolute Gasteiger partial charge is 0.310 e. The molecule has 10 aromatic rings. The Morgan fingerprint density at radius 1 is 0.281 bits per heavy atom. The fourth-order valence-corrected chi connectivity index (χ4v) is 12.3. The topological polar surface area (TPSA) is 3.24 Å². The maximum atomic E-state index is 2.49. The van der Waals surface area contributed by atoms with Gasteiger partial charge in [-0.1, -0.05) is 214 Å². The van der Waals surface area contributed by atoms with Gasteiger partial charge in [-0.25, -0.2) is 0 Å². The molecule has 0 N–H and O–H groups in total. The molecule has 0 bridgehead atoms. The summed E-state index contributed by atoms with van der Waals surface area (Å²) in [7, 11) is 0. The number of rotatable bonds is 6. The molecule has 3 aliphatic carbocycles. The van der Waals surface area contributed by atoms with Gasteiger partial charge < -0.3 is 4.90 Å². The first-order valence-electron chi connectivity index (χ1n) is 22.6. The number of benzene rings is 10. The van der Waals surface area contributed by atoms with Gasteiger partial charge in [-0.2, -0.15) is 0 Å². The lowest BCUT2D eigenvalue weighted by Crippen LogP contribution is -2.44. The first-order valence-corrected chi connectivity index (χ1v) is 22.6. The second-order valence-electron chi connectivity index (χ2n) is 18.4. The van der Waals surface area contributed by atoms with Crippen LogP contribution in [0.5, 0.6) is 0 Å². The Kier molecular flexibility index (Phi) is 7.85. The van der Waals surface area contributed by atoms with E-state index >= 15 is 0 Å². The highest BCUT2D eigenvalue weighted by Crippen LogP contribution is 2.66. The van der Waals surface area contributed by atoms with Crippen molar-refractivity contribution in [3.05, 3.63) is 292 Å². The summed E-state index contributed by atoms with van der Waals surface area (Å²) >= 11 is 0. The van der Waals surface area contributed by atoms with Crippen molar-refractivity contribution in [1.29, 1.82) is 0 Å². The van der Waals surface area contributed by atoms with Crippen molar-refractivity contribution in [2.45, 2.75) is 30.1 Å². The number of fused-ring (bicyclic) bond motifs is 9. The van der Waals surface area contributed by atoms with Crippen LogP contribution in [0.25, 0.3) is 33.0 Å². The molecule has 0 fully saturated rings. The zero-order valence-electron chi connectivity index (χ0n) is 36.0. The van der Waals surface area contributed by atoms with Gasteiger partial charge in [0.15, 0.2) is 0 Å². The average molecular weight is 816 g/mol. The van der Waals surface area contributed by atoms with Crippen molar-refractivity contribution < 1.29 is 0 Å². The molecule has 64 heavy (non-hydrogen) atoms. The van der Waals surface area contributed by atoms with E-state index in [0.717, 1.165) is 17.1 Å². The first kappa shape index (κ1) is 36.9. The Balaban J connectivity index is 1.11. The molecule has 302 valence electrons. The van der Waals surface area contributed by atoms with Gasteiger partial charge in [0, 0.05) is 22.5 Å². The lowest BCUT2D eigenvalue weighted by atomic mass is 9.51. The number of hydrogen-bond donors (Lipinski definition) is 0. The van der Waals surface area contributed by atoms with E-state index in [1.807, 2.05) is 0 Å². The summed E-state index contributed by atoms with van der Waals surface area (Å²) in [6.45, 7) is 4.75. The third kappa shape index (κ3) is 4.84. The number of anilines is 3. The third-order valence-electron chi connectivity index (χ3n) is 15.0. The van der Waals surface area contributed by atoms with Crippen LogP contribution in [0.4, 0.5) is 17.1 Å². The van der Waals surface area contributed by atoms with E-state index in [1.54, 1.807) is 0 Å². The molecular formula is C63H45N. The second kappa shape index (κ2) is 13.6. The molecule has 13 rings (SSSR count). The molecule has 2 atom stereocenters. The SMILES string of the molecule is CC1(C)c2ccccc2-c2ccc(N(c3cccc(C4(c5ccccc5)c5ccccc5C5(c6ccccc6)c6ccccc6-c6cccc4c65)c3)c3ccc4ccccc4c3)cc21. The van der Waals surface area contributed by atoms with E-state index in [-0.39, 0.29) is 5.41 Å². The van der Waals surface area contributed by atoms with Gasteiger partial charge in [0.1, 0.15) is 0 Å². The minimum absolute atomic E-state index is 0.140. The van der Waals surface area contributed by atoms with Gasteiger partial charge in [-0.3, -0.25) is 0 Å². The lowest BCUT2D eigenvalue weighted by molar-refractivity contribution is 0.627. The Labute approximate surface area is 375 Å². The maximum absolute atomic E-state index is 2.49. The molecule has 3 aliphatic rings. The summed E-state index contributed by atoms with van der Waals surface area (Å²) < 4.78 is 0. The van der Waals surface area contributed by atoms with Crippen LogP contribution in [0.2, 0.25) is 0 Å². The summed E-state index contributed by atoms with van der Waals surface area (Å²) in [5.74, 6) is 0. The minimum atomic E-state index is -0.657. The molecule has 0 heterocycles. The van der Waals surface area contributed by atoms with E-state index in [4.69, 9.17) is 0 Å². The van der Waals surface area contributed by atoms with Crippen molar-refractivity contribution in [3.8, 4) is 22.3 Å². The summed E-state index contributed by atoms with van der Waals surface area (Å²) in [6, 6.07) is 89.2. The molecule has 10 aromatic carbocycles. The van der Waals surface area contributed by atoms with Gasteiger partial charge in [0.2, 0.25) is 0 Å². The summed E-state index contributed by atoms with van der Waals surface area (Å²) in [4.78, 5) is 2.49. The van der Waals surface area contributed by atoms with E-state index < -0.39 is 10.8 Å². The monoisotopic (exact) mass is 815 g/mol. The van der Waals surface area contributed by atoms with E-state index in [0.29, 0.717) is 0 Å². The molecule has 0 aliphatic heterocycles. The highest BCUT2D eigenvalue weighted by Gasteiger charge is 2.57. The Bertz CT molecular complexity index is 3490. The molecule has 0 saturated carbocycles. The van der Waals surface area contributed by atoms with Gasteiger partial charge >= 0.3 is 0 Å². The summed E-state index contributed by atoms with van der Waals surface area (Å²) in [6.07, 6.45) is 0. The Hall–Kier alpha value is -7.74. The molecule has 0 radical (unpaired) electrons. The molecular weight excluding hydrogens is 771 g/mol. The van der Waals surface area contributed by atoms with Crippen LogP contribution >= 0.6 is 0 Å². The normalized spacial score (nSPS) is 18.1. The van der Waals surface area contributed by atoms with Gasteiger partial charge in [0.25, 0.3) is 0 Å². The maximum Gasteiger partial charge on any atom is 0.0720 e. The van der Waals surface area contributed by atoms with Crippen molar-refractivity contribution in [2.75, 3.05) is 4.90 Å². The molecule has 2 unspecified atom stereocenters. The van der Waals surface area contributed by atoms with Crippen molar-refractivity contribution >= 4 is 27.8 Å². The van der Waals surface area contributed by atoms with Gasteiger partial charge in [0.05, 0.1) is 10.8 Å². The quantitative estimate of drug-likeness (QED) is 0.162. The van der Waals surface area contributed by atoms with Crippen LogP contribution in [0.3, 0.4) is 0 Å². The molecule has 1 nitrogen and oxygen atoms in total. The Morgan fingerprint density at radius 3 is 1.52 bits per heavy atom. The molecule has 0 spiro atoms.